The second-order valence-corrected chi connectivity index (χ2v) is 12.8. The molecule has 0 saturated carbocycles. The Morgan fingerprint density at radius 2 is 1.32 bits per heavy atom. The first kappa shape index (κ1) is 9.01. The van der Waals surface area contributed by atoms with Crippen LogP contribution in [0, 0.1) is 20.8 Å². The normalized spacial score (nSPS) is 19.5. The Labute approximate surface area is 525 Å². The third-order valence-corrected chi connectivity index (χ3v) is 8.82. The van der Waals surface area contributed by atoms with Crippen molar-refractivity contribution in [3.05, 3.63) is 113 Å². The molecule has 16 nitrogen and oxygen atoms in total. The van der Waals surface area contributed by atoms with Crippen molar-refractivity contribution < 1.29 is 196 Å². The highest BCUT2D eigenvalue weighted by molar-refractivity contribution is 6.34. The summed E-state index contributed by atoms with van der Waals surface area (Å²) >= 11 is 12.0. The minimum atomic E-state index is 0. The zero-order chi connectivity index (χ0) is 161. The summed E-state index contributed by atoms with van der Waals surface area (Å²) in [5, 5.41) is 17.2. The number of anilines is 2. The topological polar surface area (TPSA) is 207 Å². The smallest absolute Gasteiger partial charge is 0.327 e. The first-order valence-corrected chi connectivity index (χ1v) is 17.8. The highest BCUT2D eigenvalue weighted by Gasteiger charge is 2.26. The van der Waals surface area contributed by atoms with E-state index in [0.717, 1.165) is 50.9 Å². The van der Waals surface area contributed by atoms with Gasteiger partial charge in [0.05, 0.1) is 59.5 Å². The molecule has 0 aliphatic heterocycles. The van der Waals surface area contributed by atoms with Gasteiger partial charge in [-0.2, -0.15) is 9.97 Å². The van der Waals surface area contributed by atoms with Crippen LogP contribution in [0.1, 0.15) is 217 Å². The molecule has 412 valence electrons. The third kappa shape index (κ3) is 8.87. The summed E-state index contributed by atoms with van der Waals surface area (Å²) < 4.78 is 622. The number of H-pyrrole nitrogens is 1. The number of hydrogen-bond donors (Lipinski definition) is 4. The zero-order valence-corrected chi connectivity index (χ0v) is 32.1. The van der Waals surface area contributed by atoms with Crippen LogP contribution in [0.25, 0.3) is 33.1 Å². The van der Waals surface area contributed by atoms with Crippen molar-refractivity contribution in [2.75, 3.05) is 24.7 Å². The number of para-hydroxylation sites is 1. The predicted octanol–water partition coefficient (Wildman–Crippen LogP) is 23.5. The molecule has 0 amide bonds. The Kier molecular flexibility index (Phi) is 2.74. The van der Waals surface area contributed by atoms with Crippen molar-refractivity contribution in [3.8, 4) is 40.3 Å². The summed E-state index contributed by atoms with van der Waals surface area (Å²) in [5.41, 5.74) is 7.56. The van der Waals surface area contributed by atoms with Crippen LogP contribution in [0.15, 0.2) is 73.6 Å². The van der Waals surface area contributed by atoms with E-state index in [1.165, 1.54) is 18.0 Å². The second-order valence-electron chi connectivity index (χ2n) is 12.1. The van der Waals surface area contributed by atoms with Gasteiger partial charge in [-0.15, -0.1) is 0 Å². The van der Waals surface area contributed by atoms with Gasteiger partial charge in [0, 0.05) is 218 Å². The molecular weight excluding hydrogens is 769 g/mol. The molecule has 0 saturated heterocycles. The van der Waals surface area contributed by atoms with Crippen LogP contribution in [-0.2, 0) is 6.42 Å². The maximum Gasteiger partial charge on any atom is 0.327 e. The van der Waals surface area contributed by atoms with Gasteiger partial charge < -0.3 is 30.2 Å². The van der Waals surface area contributed by atoms with Crippen LogP contribution in [0.4, 0.5) is 11.4 Å². The first-order valence-electron chi connectivity index (χ1n) is 78.0. The van der Waals surface area contributed by atoms with E-state index in [2.05, 4.69) is 65.5 Å². The van der Waals surface area contributed by atoms with Gasteiger partial charge in [0.25, 0.3) is 0 Å². The standard InChI is InChI=1S/C21H18N8O2.C12H9Cl2N3.C5H6N2O.CH4.61H2/c1-11-23-7-13(8-24-11)30-20-17-15-5-4-6-16(22-3)18(15)27-19(17)28-21(29-20)31-14-9-25-12(2)26-10-14;1-15-8-4-2-3-6-7(8)5-9-10(6)11(13)17-12(14)16-9;1-4-6-2-5(8)3-7-4;;;;;;;;;;;;;;;;;;;;;;;;;;;;;;;;;;;;;;;;;;;;;;;;;;;;;;;;;;;;;;/h4-10,22H,1-3H3,(H,27,28,29);2-4,15H,5H2,1H3;2-3,8H,1H3;1H4;61*1H/i;;;;61*1+1D. The average Bonchev–Trinajstić information content (AvgIpc) is 1.62. The van der Waals surface area contributed by atoms with Gasteiger partial charge in [-0.1, -0.05) is 43.3 Å². The van der Waals surface area contributed by atoms with E-state index in [1.54, 1.807) is 45.6 Å². The summed E-state index contributed by atoms with van der Waals surface area (Å²) in [7, 11) is 3.76. The quantitative estimate of drug-likeness (QED) is 0.0902. The number of hydrogen-bond acceptors (Lipinski definition) is 15. The molecule has 0 atom stereocenters. The summed E-state index contributed by atoms with van der Waals surface area (Å²) in [6.45, 7) is 5.37. The van der Waals surface area contributed by atoms with Gasteiger partial charge in [0.15, 0.2) is 17.2 Å². The lowest BCUT2D eigenvalue weighted by Gasteiger charge is -2.08. The number of halogens is 2. The molecule has 1 aliphatic rings. The van der Waals surface area contributed by atoms with Gasteiger partial charge in [0.1, 0.15) is 28.3 Å². The van der Waals surface area contributed by atoms with E-state index in [9.17, 15) is 0 Å². The molecule has 0 fully saturated rings. The molecule has 4 N–H and O–H groups in total. The van der Waals surface area contributed by atoms with Gasteiger partial charge in [-0.25, -0.2) is 39.9 Å². The van der Waals surface area contributed by atoms with Crippen LogP contribution in [0.5, 0.6) is 29.1 Å². The van der Waals surface area contributed by atoms with E-state index in [4.69, 9.17) is 219 Å². The van der Waals surface area contributed by atoms with Gasteiger partial charge in [0.2, 0.25) is 11.2 Å². The van der Waals surface area contributed by atoms with Gasteiger partial charge >= 0.3 is 6.01 Å². The van der Waals surface area contributed by atoms with Crippen LogP contribution in [0.2, 0.25) is 10.4 Å². The molecule has 8 aromatic rings. The number of aromatic nitrogens is 11. The summed E-state index contributed by atoms with van der Waals surface area (Å²) in [5.74, 6) is 3.26. The molecule has 9 rings (SSSR count). The fourth-order valence-corrected chi connectivity index (χ4v) is 6.34. The summed E-state index contributed by atoms with van der Waals surface area (Å²) in [4.78, 5) is 44.7. The lowest BCUT2D eigenvalue weighted by Crippen LogP contribution is -1.98. The Balaban J connectivity index is -0.0000000170. The predicted molar refractivity (Wildman–Crippen MR) is 349 cm³/mol. The molecule has 2 aromatic carbocycles. The van der Waals surface area contributed by atoms with E-state index < -0.39 is 0 Å². The maximum absolute atomic E-state index is 8.63. The number of benzene rings is 2. The lowest BCUT2D eigenvalue weighted by atomic mass is 10.1. The van der Waals surface area contributed by atoms with Crippen molar-refractivity contribution in [2.24, 2.45) is 0 Å². The number of aromatic amines is 1. The van der Waals surface area contributed by atoms with Gasteiger partial charge in [-0.05, 0) is 55.6 Å². The molecule has 6 aromatic heterocycles. The minimum absolute atomic E-state index is 0. The van der Waals surface area contributed by atoms with Crippen molar-refractivity contribution in [1.82, 2.24) is 54.8 Å². The monoisotopic (exact) mass is 1050 g/mol. The van der Waals surface area contributed by atoms with E-state index >= 15 is 0 Å². The van der Waals surface area contributed by atoms with Crippen LogP contribution in [-0.4, -0.2) is 74.0 Å². The number of fused-ring (bicyclic) bond motifs is 6. The van der Waals surface area contributed by atoms with E-state index in [1.807, 2.05) is 50.5 Å². The molecule has 0 bridgehead atoms. The average molecular weight is 1050 g/mol. The molecule has 18 heteroatoms. The molecule has 57 heavy (non-hydrogen) atoms. The fraction of sp³-hybridized carbons (Fsp3) is 0.179. The Morgan fingerprint density at radius 1 is 0.737 bits per heavy atom. The molecule has 0 radical (unpaired) electrons. The number of nitrogens with one attached hydrogen (secondary N) is 3. The Hall–Kier alpha value is -6.78. The molecule has 1 aliphatic carbocycles. The SMILES string of the molecule is C.CNc1cccc2c1Cc1nc(Cl)nc(Cl)c1-2.CNc1cccc2c1[nH]c1nc(Oc3cnc(C)nc3)nc(Oc3cnc(C)nc3)c12.Cc1ncc(O)cn1.[2H][2H].[2H][2H].[2H][2H].[2H][2H].[2H][2H].[2H][2H].[2H][2H].[2H][2H].[2H][2H].[2H][2H].[2H][2H].[2H][2H].[2H][2H].[2H][2H].[2H][2H].[2H][2H].[2H][2H].[2H][2H].[2H][2H].[2H][2H].[2H][2H].[2H][2H].[2H][2H].[2H][2H].[2H][2H].[2H][2H].[2H][2H].[2H][2H].[2H][2H].[2H][2H].[2H][2H].[2H][2H].[2H][2H].[2H][2H].[2H][2H].[2H][2H].[2H][2H].[2H][2H].[2H][2H].[2H][2H].[2H][2H].[2H][2H].[2H][2H].[2H][2H].[2H][2H].[2H][2H].[2H][2H].[2H][2H].[2H][2H].[2H][2H].[2H][2H].[2H][2H].[2H][2H].[2H][2H].[2H][2H].[2H][2H].[2H][2H].[2H][2H].[2H][2H].[2H][2H].[2H][2H]. The Bertz CT molecular complexity index is 2800. The minimum Gasteiger partial charge on any atom is -0.505 e. The number of aryl methyl sites for hydroxylation is 3. The van der Waals surface area contributed by atoms with Gasteiger partial charge in [-0.3, -0.25) is 0 Å². The lowest BCUT2D eigenvalue weighted by molar-refractivity contribution is 0.413. The van der Waals surface area contributed by atoms with Crippen molar-refractivity contribution in [3.63, 3.8) is 0 Å². The number of ether oxygens (including phenoxy) is 2. The molecular formula is C39H159Cl2N13O3. The zero-order valence-electron chi connectivity index (χ0n) is 153. The van der Waals surface area contributed by atoms with Crippen molar-refractivity contribution in [2.45, 2.75) is 34.6 Å². The third-order valence-electron chi connectivity index (χ3n) is 8.38. The highest BCUT2D eigenvalue weighted by Crippen LogP contribution is 2.43. The molecule has 0 unspecified atom stereocenters. The van der Waals surface area contributed by atoms with Crippen LogP contribution < -0.4 is 20.1 Å². The largest absolute Gasteiger partial charge is 0.505 e. The van der Waals surface area contributed by atoms with Crippen LogP contribution >= 0.6 is 23.2 Å². The summed E-state index contributed by atoms with van der Waals surface area (Å²) in [6, 6.07) is 12.1. The van der Waals surface area contributed by atoms with Crippen molar-refractivity contribution in [1.29, 1.82) is 0 Å². The second kappa shape index (κ2) is 17.3. The number of nitrogens with zero attached hydrogens (tertiary/aromatic N) is 10. The van der Waals surface area contributed by atoms with Crippen molar-refractivity contribution >= 4 is 56.5 Å². The maximum atomic E-state index is 8.63. The first-order chi connectivity index (χ1) is 88.1. The fourth-order valence-electron chi connectivity index (χ4n) is 5.82. The molecule has 0 spiro atoms. The van der Waals surface area contributed by atoms with E-state index in [-0.39, 0.29) is 24.5 Å². The Morgan fingerprint density at radius 3 is 1.93 bits per heavy atom. The summed E-state index contributed by atoms with van der Waals surface area (Å²) in [6.07, 6.45) is 9.79. The molecule has 6 heterocycles. The highest BCUT2D eigenvalue weighted by atomic mass is 35.5. The van der Waals surface area contributed by atoms with Crippen LogP contribution in [0.3, 0.4) is 0 Å². The van der Waals surface area contributed by atoms with E-state index in [0.29, 0.717) is 45.7 Å². The number of rotatable bonds is 6. The number of aromatic hydroxyl groups is 1.